The number of halogens is 1. The minimum absolute atomic E-state index is 0.270. The molecule has 0 unspecified atom stereocenters. The van der Waals surface area contributed by atoms with Gasteiger partial charge in [-0.2, -0.15) is 0 Å². The number of nitrogens with one attached hydrogen (secondary N) is 2. The second kappa shape index (κ2) is 7.28. The first-order valence-corrected chi connectivity index (χ1v) is 9.55. The molecular formula is C22H25FN4O. The van der Waals surface area contributed by atoms with Crippen LogP contribution >= 0.6 is 0 Å². The maximum Gasteiger partial charge on any atom is 0.272 e. The summed E-state index contributed by atoms with van der Waals surface area (Å²) in [6.07, 6.45) is 0. The van der Waals surface area contributed by atoms with Crippen LogP contribution in [0.1, 0.15) is 21.6 Å². The van der Waals surface area contributed by atoms with Gasteiger partial charge in [-0.05, 0) is 56.3 Å². The zero-order valence-corrected chi connectivity index (χ0v) is 16.5. The van der Waals surface area contributed by atoms with E-state index in [9.17, 15) is 9.18 Å². The fourth-order valence-electron chi connectivity index (χ4n) is 3.64. The molecule has 2 N–H and O–H groups in total. The largest absolute Gasteiger partial charge is 0.369 e. The zero-order chi connectivity index (χ0) is 19.8. The van der Waals surface area contributed by atoms with E-state index in [0.29, 0.717) is 16.6 Å². The van der Waals surface area contributed by atoms with Crippen LogP contribution in [-0.2, 0) is 0 Å². The van der Waals surface area contributed by atoms with Crippen LogP contribution in [0.2, 0.25) is 0 Å². The monoisotopic (exact) mass is 380 g/mol. The SMILES string of the molecule is Cc1ccc(N2CCN(C)CC2)cc1NC(=O)c1cc2c(F)ccc(C)c2[nH]1. The van der Waals surface area contributed by atoms with E-state index >= 15 is 0 Å². The van der Waals surface area contributed by atoms with Crippen LogP contribution in [0.3, 0.4) is 0 Å². The summed E-state index contributed by atoms with van der Waals surface area (Å²) in [5.74, 6) is -0.599. The third-order valence-corrected chi connectivity index (χ3v) is 5.53. The number of amides is 1. The van der Waals surface area contributed by atoms with Gasteiger partial charge in [0.1, 0.15) is 11.5 Å². The average molecular weight is 380 g/mol. The molecule has 0 bridgehead atoms. The predicted octanol–water partition coefficient (Wildman–Crippen LogP) is 3.93. The number of fused-ring (bicyclic) bond motifs is 1. The molecule has 5 nitrogen and oxygen atoms in total. The Hall–Kier alpha value is -2.86. The molecule has 1 aromatic heterocycles. The molecular weight excluding hydrogens is 355 g/mol. The zero-order valence-electron chi connectivity index (χ0n) is 16.5. The van der Waals surface area contributed by atoms with Gasteiger partial charge in [0.05, 0.1) is 5.52 Å². The summed E-state index contributed by atoms with van der Waals surface area (Å²) in [7, 11) is 2.13. The van der Waals surface area contributed by atoms with Crippen molar-refractivity contribution in [3.05, 3.63) is 59.0 Å². The number of hydrogen-bond donors (Lipinski definition) is 2. The molecule has 0 radical (unpaired) electrons. The Labute approximate surface area is 164 Å². The average Bonchev–Trinajstić information content (AvgIpc) is 3.14. The van der Waals surface area contributed by atoms with E-state index in [-0.39, 0.29) is 11.7 Å². The molecule has 1 aliphatic rings. The van der Waals surface area contributed by atoms with Gasteiger partial charge >= 0.3 is 0 Å². The van der Waals surface area contributed by atoms with Gasteiger partial charge in [-0.15, -0.1) is 0 Å². The molecule has 1 aliphatic heterocycles. The molecule has 0 aliphatic carbocycles. The number of carbonyl (C=O) groups excluding carboxylic acids is 1. The molecule has 146 valence electrons. The van der Waals surface area contributed by atoms with E-state index in [1.54, 1.807) is 12.1 Å². The summed E-state index contributed by atoms with van der Waals surface area (Å²) in [6.45, 7) is 7.84. The number of hydrogen-bond acceptors (Lipinski definition) is 3. The molecule has 3 aromatic rings. The smallest absolute Gasteiger partial charge is 0.272 e. The van der Waals surface area contributed by atoms with Crippen molar-refractivity contribution in [2.75, 3.05) is 43.4 Å². The maximum absolute atomic E-state index is 14.1. The van der Waals surface area contributed by atoms with Crippen LogP contribution in [-0.4, -0.2) is 49.0 Å². The highest BCUT2D eigenvalue weighted by Crippen LogP contribution is 2.26. The second-order valence-electron chi connectivity index (χ2n) is 7.58. The summed E-state index contributed by atoms with van der Waals surface area (Å²) >= 11 is 0. The molecule has 1 amide bonds. The summed E-state index contributed by atoms with van der Waals surface area (Å²) in [5.41, 5.74) is 4.79. The summed E-state index contributed by atoms with van der Waals surface area (Å²) in [6, 6.07) is 10.9. The molecule has 0 atom stereocenters. The lowest BCUT2D eigenvalue weighted by Gasteiger charge is -2.34. The molecule has 4 rings (SSSR count). The topological polar surface area (TPSA) is 51.4 Å². The van der Waals surface area contributed by atoms with Gasteiger partial charge in [-0.25, -0.2) is 4.39 Å². The van der Waals surface area contributed by atoms with E-state index in [1.165, 1.54) is 6.07 Å². The van der Waals surface area contributed by atoms with Crippen molar-refractivity contribution >= 4 is 28.2 Å². The number of anilines is 2. The van der Waals surface area contributed by atoms with Gasteiger partial charge < -0.3 is 20.1 Å². The standard InChI is InChI=1S/C22H25FN4O/c1-14-4-6-16(27-10-8-26(3)9-11-27)12-19(14)25-22(28)20-13-17-18(23)7-5-15(2)21(17)24-20/h4-7,12-13,24H,8-11H2,1-3H3,(H,25,28). The van der Waals surface area contributed by atoms with Crippen molar-refractivity contribution in [2.45, 2.75) is 13.8 Å². The number of aromatic nitrogens is 1. The number of aryl methyl sites for hydroxylation is 2. The van der Waals surface area contributed by atoms with E-state index in [0.717, 1.165) is 48.7 Å². The lowest BCUT2D eigenvalue weighted by atomic mass is 10.1. The molecule has 1 fully saturated rings. The van der Waals surface area contributed by atoms with Crippen LogP contribution in [0.15, 0.2) is 36.4 Å². The number of carbonyl (C=O) groups is 1. The first kappa shape index (κ1) is 18.5. The van der Waals surface area contributed by atoms with Gasteiger partial charge in [0.2, 0.25) is 0 Å². The van der Waals surface area contributed by atoms with Gasteiger partial charge in [-0.3, -0.25) is 4.79 Å². The van der Waals surface area contributed by atoms with E-state index < -0.39 is 0 Å². The third kappa shape index (κ3) is 3.47. The number of aromatic amines is 1. The number of benzene rings is 2. The van der Waals surface area contributed by atoms with Crippen LogP contribution in [0.5, 0.6) is 0 Å². The molecule has 2 heterocycles. The van der Waals surface area contributed by atoms with Crippen molar-refractivity contribution in [1.82, 2.24) is 9.88 Å². The Balaban J connectivity index is 1.58. The molecule has 6 heteroatoms. The first-order valence-electron chi connectivity index (χ1n) is 9.55. The van der Waals surface area contributed by atoms with Crippen molar-refractivity contribution in [3.8, 4) is 0 Å². The highest BCUT2D eigenvalue weighted by Gasteiger charge is 2.17. The van der Waals surface area contributed by atoms with Crippen LogP contribution in [0.25, 0.3) is 10.9 Å². The minimum atomic E-state index is -0.329. The van der Waals surface area contributed by atoms with E-state index in [2.05, 4.69) is 33.2 Å². The summed E-state index contributed by atoms with van der Waals surface area (Å²) < 4.78 is 14.1. The van der Waals surface area contributed by atoms with Gasteiger partial charge in [-0.1, -0.05) is 12.1 Å². The van der Waals surface area contributed by atoms with Gasteiger partial charge in [0, 0.05) is 42.9 Å². The number of rotatable bonds is 3. The van der Waals surface area contributed by atoms with Gasteiger partial charge in [0.25, 0.3) is 5.91 Å². The normalized spacial score (nSPS) is 15.2. The Morgan fingerprint density at radius 2 is 1.75 bits per heavy atom. The van der Waals surface area contributed by atoms with Crippen molar-refractivity contribution in [2.24, 2.45) is 0 Å². The summed E-state index contributed by atoms with van der Waals surface area (Å²) in [4.78, 5) is 20.5. The molecule has 1 saturated heterocycles. The fraction of sp³-hybridized carbons (Fsp3) is 0.318. The Morgan fingerprint density at radius 1 is 1.04 bits per heavy atom. The van der Waals surface area contributed by atoms with Crippen LogP contribution in [0.4, 0.5) is 15.8 Å². The van der Waals surface area contributed by atoms with Crippen LogP contribution < -0.4 is 10.2 Å². The van der Waals surface area contributed by atoms with E-state index in [1.807, 2.05) is 26.0 Å². The molecule has 28 heavy (non-hydrogen) atoms. The van der Waals surface area contributed by atoms with Crippen molar-refractivity contribution < 1.29 is 9.18 Å². The first-order chi connectivity index (χ1) is 13.4. The van der Waals surface area contributed by atoms with Gasteiger partial charge in [0.15, 0.2) is 0 Å². The Kier molecular flexibility index (Phi) is 4.81. The highest BCUT2D eigenvalue weighted by atomic mass is 19.1. The Morgan fingerprint density at radius 3 is 2.46 bits per heavy atom. The predicted molar refractivity (Wildman–Crippen MR) is 112 cm³/mol. The Bertz CT molecular complexity index is 995. The number of piperazine rings is 1. The molecule has 2 aromatic carbocycles. The van der Waals surface area contributed by atoms with Crippen molar-refractivity contribution in [3.63, 3.8) is 0 Å². The molecule has 0 spiro atoms. The highest BCUT2D eigenvalue weighted by molar-refractivity contribution is 6.06. The number of likely N-dealkylation sites (N-methyl/N-ethyl adjacent to an activating group) is 1. The summed E-state index contributed by atoms with van der Waals surface area (Å²) in [5, 5.41) is 3.42. The second-order valence-corrected chi connectivity index (χ2v) is 7.58. The lowest BCUT2D eigenvalue weighted by Crippen LogP contribution is -2.44. The lowest BCUT2D eigenvalue weighted by molar-refractivity contribution is 0.102. The van der Waals surface area contributed by atoms with E-state index in [4.69, 9.17) is 0 Å². The maximum atomic E-state index is 14.1. The number of H-pyrrole nitrogens is 1. The number of nitrogens with zero attached hydrogens (tertiary/aromatic N) is 2. The third-order valence-electron chi connectivity index (χ3n) is 5.53. The molecule has 0 saturated carbocycles. The van der Waals surface area contributed by atoms with Crippen molar-refractivity contribution in [1.29, 1.82) is 0 Å². The quantitative estimate of drug-likeness (QED) is 0.724. The van der Waals surface area contributed by atoms with Crippen LogP contribution in [0, 0.1) is 19.7 Å². The fourth-order valence-corrected chi connectivity index (χ4v) is 3.64. The minimum Gasteiger partial charge on any atom is -0.369 e.